The smallest absolute Gasteiger partial charge is 0.343 e. The highest BCUT2D eigenvalue weighted by molar-refractivity contribution is 5.94. The largest absolute Gasteiger partial charge is 0.478 e. The Morgan fingerprint density at radius 3 is 1.56 bits per heavy atom. The van der Waals surface area contributed by atoms with E-state index in [0.717, 1.165) is 6.07 Å². The van der Waals surface area contributed by atoms with Gasteiger partial charge in [-0.05, 0) is 42.5 Å². The molecule has 0 aliphatic heterocycles. The maximum Gasteiger partial charge on any atom is 0.343 e. The van der Waals surface area contributed by atoms with Crippen molar-refractivity contribution < 1.29 is 29.0 Å². The Morgan fingerprint density at radius 1 is 0.593 bits per heavy atom. The highest BCUT2D eigenvalue weighted by Crippen LogP contribution is 2.30. The number of esters is 2. The van der Waals surface area contributed by atoms with E-state index in [1.807, 2.05) is 0 Å². The van der Waals surface area contributed by atoms with E-state index in [0.29, 0.717) is 5.56 Å². The molecule has 6 nitrogen and oxygen atoms in total. The highest BCUT2D eigenvalue weighted by Gasteiger charge is 2.18. The third-order valence-electron chi connectivity index (χ3n) is 3.61. The number of benzene rings is 3. The summed E-state index contributed by atoms with van der Waals surface area (Å²) in [4.78, 5) is 35.8. The zero-order chi connectivity index (χ0) is 19.2. The average Bonchev–Trinajstić information content (AvgIpc) is 2.70. The molecule has 0 aromatic heterocycles. The molecule has 3 aromatic rings. The van der Waals surface area contributed by atoms with Crippen LogP contribution in [-0.4, -0.2) is 23.0 Å². The first-order valence-electron chi connectivity index (χ1n) is 7.96. The van der Waals surface area contributed by atoms with Gasteiger partial charge in [-0.15, -0.1) is 0 Å². The summed E-state index contributed by atoms with van der Waals surface area (Å²) in [6, 6.07) is 20.1. The predicted molar refractivity (Wildman–Crippen MR) is 96.2 cm³/mol. The molecule has 0 bridgehead atoms. The summed E-state index contributed by atoms with van der Waals surface area (Å²) in [7, 11) is 0. The molecule has 0 spiro atoms. The second-order valence-corrected chi connectivity index (χ2v) is 5.48. The van der Waals surface area contributed by atoms with Crippen LogP contribution >= 0.6 is 0 Å². The summed E-state index contributed by atoms with van der Waals surface area (Å²) in [6.45, 7) is 0. The third kappa shape index (κ3) is 4.38. The minimum Gasteiger partial charge on any atom is -0.478 e. The van der Waals surface area contributed by atoms with Crippen LogP contribution in [0.3, 0.4) is 0 Å². The number of carboxylic acid groups (broad SMARTS) is 1. The third-order valence-corrected chi connectivity index (χ3v) is 3.61. The van der Waals surface area contributed by atoms with Gasteiger partial charge in [-0.25, -0.2) is 14.4 Å². The summed E-state index contributed by atoms with van der Waals surface area (Å²) < 4.78 is 10.6. The Labute approximate surface area is 154 Å². The van der Waals surface area contributed by atoms with Crippen molar-refractivity contribution >= 4 is 17.9 Å². The zero-order valence-corrected chi connectivity index (χ0v) is 14.0. The van der Waals surface area contributed by atoms with Crippen molar-refractivity contribution in [3.8, 4) is 11.5 Å². The maximum absolute atomic E-state index is 12.3. The molecule has 6 heteroatoms. The van der Waals surface area contributed by atoms with Crippen LogP contribution in [0.4, 0.5) is 0 Å². The van der Waals surface area contributed by atoms with Gasteiger partial charge in [0, 0.05) is 0 Å². The number of rotatable bonds is 5. The molecule has 0 radical (unpaired) electrons. The Balaban J connectivity index is 1.90. The fraction of sp³-hybridized carbons (Fsp3) is 0. The van der Waals surface area contributed by atoms with Crippen LogP contribution in [-0.2, 0) is 0 Å². The van der Waals surface area contributed by atoms with Gasteiger partial charge in [-0.3, -0.25) is 0 Å². The minimum atomic E-state index is -1.20. The molecule has 0 aliphatic carbocycles. The van der Waals surface area contributed by atoms with Crippen LogP contribution in [0.5, 0.6) is 11.5 Å². The lowest BCUT2D eigenvalue weighted by Gasteiger charge is -2.11. The normalized spacial score (nSPS) is 10.1. The molecule has 27 heavy (non-hydrogen) atoms. The van der Waals surface area contributed by atoms with Crippen LogP contribution in [0.25, 0.3) is 0 Å². The molecular weight excluding hydrogens is 348 g/mol. The summed E-state index contributed by atoms with van der Waals surface area (Å²) in [5.41, 5.74) is 0.476. The van der Waals surface area contributed by atoms with E-state index in [-0.39, 0.29) is 22.6 Å². The van der Waals surface area contributed by atoms with Crippen LogP contribution in [0.2, 0.25) is 0 Å². The predicted octanol–water partition coefficient (Wildman–Crippen LogP) is 3.82. The monoisotopic (exact) mass is 362 g/mol. The minimum absolute atomic E-state index is 0.0573. The molecule has 0 fully saturated rings. The number of carbonyl (C=O) groups is 3. The summed E-state index contributed by atoms with van der Waals surface area (Å²) in [5.74, 6) is -2.77. The van der Waals surface area contributed by atoms with Crippen molar-refractivity contribution in [2.75, 3.05) is 0 Å². The van der Waals surface area contributed by atoms with E-state index in [4.69, 9.17) is 14.6 Å². The van der Waals surface area contributed by atoms with Gasteiger partial charge in [-0.1, -0.05) is 36.4 Å². The van der Waals surface area contributed by atoms with Gasteiger partial charge in [0.15, 0.2) is 11.5 Å². The Hall–Kier alpha value is -3.93. The second kappa shape index (κ2) is 7.97. The first-order chi connectivity index (χ1) is 13.0. The number of hydrogen-bond acceptors (Lipinski definition) is 5. The van der Waals surface area contributed by atoms with Crippen LogP contribution < -0.4 is 9.47 Å². The molecule has 3 aromatic carbocycles. The quantitative estimate of drug-likeness (QED) is 0.548. The average molecular weight is 362 g/mol. The molecule has 3 rings (SSSR count). The van der Waals surface area contributed by atoms with Gasteiger partial charge < -0.3 is 14.6 Å². The Bertz CT molecular complexity index is 980. The second-order valence-electron chi connectivity index (χ2n) is 5.48. The molecule has 0 atom stereocenters. The molecule has 0 unspecified atom stereocenters. The van der Waals surface area contributed by atoms with Crippen molar-refractivity contribution in [3.05, 3.63) is 95.6 Å². The van der Waals surface area contributed by atoms with E-state index in [1.54, 1.807) is 60.7 Å². The molecule has 0 amide bonds. The Morgan fingerprint density at radius 2 is 1.07 bits per heavy atom. The van der Waals surface area contributed by atoms with Crippen LogP contribution in [0, 0.1) is 0 Å². The van der Waals surface area contributed by atoms with Gasteiger partial charge in [0.05, 0.1) is 16.7 Å². The number of hydrogen-bond donors (Lipinski definition) is 1. The fourth-order valence-corrected chi connectivity index (χ4v) is 2.27. The van der Waals surface area contributed by atoms with Gasteiger partial charge in [0.1, 0.15) is 0 Å². The van der Waals surface area contributed by atoms with Crippen molar-refractivity contribution in [2.24, 2.45) is 0 Å². The van der Waals surface area contributed by atoms with E-state index in [1.165, 1.54) is 12.1 Å². The van der Waals surface area contributed by atoms with Crippen molar-refractivity contribution in [1.29, 1.82) is 0 Å². The molecule has 0 saturated carbocycles. The van der Waals surface area contributed by atoms with Crippen molar-refractivity contribution in [1.82, 2.24) is 0 Å². The SMILES string of the molecule is O=C(O)c1ccc(OC(=O)c2ccccc2)c(OC(=O)c2ccccc2)c1. The van der Waals surface area contributed by atoms with Crippen molar-refractivity contribution in [3.63, 3.8) is 0 Å². The lowest BCUT2D eigenvalue weighted by Crippen LogP contribution is -2.13. The van der Waals surface area contributed by atoms with E-state index in [9.17, 15) is 14.4 Å². The number of ether oxygens (including phenoxy) is 2. The van der Waals surface area contributed by atoms with Crippen LogP contribution in [0.1, 0.15) is 31.1 Å². The maximum atomic E-state index is 12.3. The molecular formula is C21H14O6. The van der Waals surface area contributed by atoms with E-state index in [2.05, 4.69) is 0 Å². The van der Waals surface area contributed by atoms with E-state index >= 15 is 0 Å². The molecule has 1 N–H and O–H groups in total. The topological polar surface area (TPSA) is 89.9 Å². The molecule has 134 valence electrons. The lowest BCUT2D eigenvalue weighted by atomic mass is 10.2. The summed E-state index contributed by atoms with van der Waals surface area (Å²) >= 11 is 0. The first kappa shape index (κ1) is 17.9. The molecule has 0 saturated heterocycles. The van der Waals surface area contributed by atoms with E-state index < -0.39 is 17.9 Å². The van der Waals surface area contributed by atoms with Gasteiger partial charge in [0.25, 0.3) is 0 Å². The number of carboxylic acids is 1. The number of aromatic carboxylic acids is 1. The standard InChI is InChI=1S/C21H14O6/c22-19(23)16-11-12-17(26-20(24)14-7-3-1-4-8-14)18(13-16)27-21(25)15-9-5-2-6-10-15/h1-13H,(H,22,23). The number of carbonyl (C=O) groups excluding carboxylic acids is 2. The van der Waals surface area contributed by atoms with Gasteiger partial charge >= 0.3 is 17.9 Å². The van der Waals surface area contributed by atoms with Crippen LogP contribution in [0.15, 0.2) is 78.9 Å². The fourth-order valence-electron chi connectivity index (χ4n) is 2.27. The van der Waals surface area contributed by atoms with Gasteiger partial charge in [0.2, 0.25) is 0 Å². The molecule has 0 heterocycles. The van der Waals surface area contributed by atoms with Gasteiger partial charge in [-0.2, -0.15) is 0 Å². The van der Waals surface area contributed by atoms with Crippen molar-refractivity contribution in [2.45, 2.75) is 0 Å². The lowest BCUT2D eigenvalue weighted by molar-refractivity contribution is 0.0675. The highest BCUT2D eigenvalue weighted by atomic mass is 16.6. The first-order valence-corrected chi connectivity index (χ1v) is 7.96. The zero-order valence-electron chi connectivity index (χ0n) is 14.0. The molecule has 0 aliphatic rings. The summed E-state index contributed by atoms with van der Waals surface area (Å²) in [6.07, 6.45) is 0. The summed E-state index contributed by atoms with van der Waals surface area (Å²) in [5, 5.41) is 9.16. The Kier molecular flexibility index (Phi) is 5.28.